The zero-order valence-electron chi connectivity index (χ0n) is 20.2. The van der Waals surface area contributed by atoms with Gasteiger partial charge < -0.3 is 0 Å². The molecule has 0 nitrogen and oxygen atoms in total. The minimum absolute atomic E-state index is 0.109. The molecule has 0 N–H and O–H groups in total. The van der Waals surface area contributed by atoms with Gasteiger partial charge in [0.05, 0.1) is 0 Å². The molecule has 0 amide bonds. The van der Waals surface area contributed by atoms with Crippen molar-refractivity contribution in [2.45, 2.75) is 129 Å². The van der Waals surface area contributed by atoms with E-state index in [4.69, 9.17) is 0 Å². The average Bonchev–Trinajstić information content (AvgIpc) is 3.20. The number of hydrogen-bond acceptors (Lipinski definition) is 0. The molecule has 0 saturated carbocycles. The second-order valence-corrected chi connectivity index (χ2v) is 14.0. The minimum atomic E-state index is -0.109. The highest BCUT2D eigenvalue weighted by molar-refractivity contribution is 7.68. The normalized spacial score (nSPS) is 43.1. The predicted octanol–water partition coefficient (Wildman–Crippen LogP) is 9.12. The molecule has 0 aromatic rings. The van der Waals surface area contributed by atoms with Crippen LogP contribution in [0, 0.1) is 35.0 Å². The van der Waals surface area contributed by atoms with Gasteiger partial charge in [-0.25, -0.2) is 0 Å². The van der Waals surface area contributed by atoms with Gasteiger partial charge in [-0.3, -0.25) is 0 Å². The molecule has 0 radical (unpaired) electrons. The van der Waals surface area contributed by atoms with E-state index in [2.05, 4.69) is 66.7 Å². The highest BCUT2D eigenvalue weighted by Gasteiger charge is 2.48. The Bertz CT molecular complexity index is 438. The summed E-state index contributed by atoms with van der Waals surface area (Å²) < 4.78 is 0. The van der Waals surface area contributed by atoms with E-state index in [0.717, 1.165) is 46.3 Å². The summed E-state index contributed by atoms with van der Waals surface area (Å²) in [6.07, 6.45) is 10.9. The monoisotopic (exact) mass is 422 g/mol. The molecule has 28 heavy (non-hydrogen) atoms. The molecule has 0 spiro atoms. The van der Waals surface area contributed by atoms with Crippen LogP contribution >= 0.6 is 15.8 Å². The van der Waals surface area contributed by atoms with E-state index >= 15 is 0 Å². The molecule has 0 bridgehead atoms. The summed E-state index contributed by atoms with van der Waals surface area (Å²) in [7, 11) is -0.217. The lowest BCUT2D eigenvalue weighted by Crippen LogP contribution is -2.20. The molecule has 0 aromatic carbocycles. The molecule has 162 valence electrons. The SMILES string of the molecule is CCC1C(CC)C(CC)P(C#CP2C(CC)C(CC)C(CC)C2CC)C1CC. The fraction of sp³-hybridized carbons (Fsp3) is 0.923. The Morgan fingerprint density at radius 3 is 0.750 bits per heavy atom. The molecule has 8 unspecified atom stereocenters. The van der Waals surface area contributed by atoms with Gasteiger partial charge in [0.1, 0.15) is 0 Å². The van der Waals surface area contributed by atoms with Crippen molar-refractivity contribution >= 4 is 15.8 Å². The van der Waals surface area contributed by atoms with Gasteiger partial charge in [0.2, 0.25) is 0 Å². The Morgan fingerprint density at radius 2 is 0.607 bits per heavy atom. The lowest BCUT2D eigenvalue weighted by Gasteiger charge is -2.23. The predicted molar refractivity (Wildman–Crippen MR) is 133 cm³/mol. The standard InChI is InChI=1S/C26H48P2/c1-9-19-20(10-2)24(14-6)27(23(19)13-5)17-18-28-25(15-7)21(11-3)22(12-4)26(28)16-8/h19-26H,9-16H2,1-8H3. The van der Waals surface area contributed by atoms with E-state index < -0.39 is 0 Å². The number of rotatable bonds is 8. The van der Waals surface area contributed by atoms with E-state index in [1.165, 1.54) is 51.4 Å². The first-order valence-electron chi connectivity index (χ1n) is 12.7. The van der Waals surface area contributed by atoms with Gasteiger partial charge in [0.25, 0.3) is 0 Å². The molecular formula is C26H48P2. The van der Waals surface area contributed by atoms with Crippen molar-refractivity contribution in [3.8, 4) is 11.3 Å². The lowest BCUT2D eigenvalue weighted by atomic mass is 9.82. The number of hydrogen-bond donors (Lipinski definition) is 0. The summed E-state index contributed by atoms with van der Waals surface area (Å²) in [5.41, 5.74) is 11.9. The molecule has 2 aliphatic rings. The molecule has 2 rings (SSSR count). The van der Waals surface area contributed by atoms with Crippen LogP contribution in [0.15, 0.2) is 0 Å². The largest absolute Gasteiger partial charge is 0.0714 e. The van der Waals surface area contributed by atoms with Crippen LogP contribution in [-0.2, 0) is 0 Å². The summed E-state index contributed by atoms with van der Waals surface area (Å²) >= 11 is 0. The van der Waals surface area contributed by atoms with Crippen LogP contribution in [0.4, 0.5) is 0 Å². The van der Waals surface area contributed by atoms with Gasteiger partial charge in [0, 0.05) is 0 Å². The maximum atomic E-state index is 4.12. The molecular weight excluding hydrogens is 374 g/mol. The Hall–Kier alpha value is 0.420. The second-order valence-electron chi connectivity index (χ2n) is 9.23. The fourth-order valence-corrected chi connectivity index (χ4v) is 14.7. The summed E-state index contributed by atoms with van der Waals surface area (Å²) in [6, 6.07) is 0. The van der Waals surface area contributed by atoms with Crippen molar-refractivity contribution in [3.63, 3.8) is 0 Å². The molecule has 2 saturated heterocycles. The van der Waals surface area contributed by atoms with Gasteiger partial charge in [0.15, 0.2) is 0 Å². The topological polar surface area (TPSA) is 0 Å². The van der Waals surface area contributed by atoms with Crippen LogP contribution in [0.2, 0.25) is 0 Å². The molecule has 2 heteroatoms. The maximum absolute atomic E-state index is 4.12. The Labute approximate surface area is 180 Å². The van der Waals surface area contributed by atoms with Crippen LogP contribution in [0.25, 0.3) is 0 Å². The van der Waals surface area contributed by atoms with E-state index in [1.807, 2.05) is 0 Å². The summed E-state index contributed by atoms with van der Waals surface area (Å²) in [6.45, 7) is 19.5. The van der Waals surface area contributed by atoms with Crippen molar-refractivity contribution < 1.29 is 0 Å². The first-order chi connectivity index (χ1) is 13.6. The summed E-state index contributed by atoms with van der Waals surface area (Å²) in [5.74, 6) is 3.75. The van der Waals surface area contributed by atoms with E-state index in [-0.39, 0.29) is 15.8 Å². The smallest absolute Gasteiger partial charge is 0.00665 e. The summed E-state index contributed by atoms with van der Waals surface area (Å²) in [5, 5.41) is 0. The van der Waals surface area contributed by atoms with Crippen LogP contribution in [0.3, 0.4) is 0 Å². The Balaban J connectivity index is 2.37. The van der Waals surface area contributed by atoms with Gasteiger partial charge >= 0.3 is 0 Å². The van der Waals surface area contributed by atoms with Crippen LogP contribution in [-0.4, -0.2) is 22.6 Å². The van der Waals surface area contributed by atoms with Crippen molar-refractivity contribution in [1.29, 1.82) is 0 Å². The first kappa shape index (κ1) is 24.7. The van der Waals surface area contributed by atoms with E-state index in [0.29, 0.717) is 0 Å². The zero-order valence-corrected chi connectivity index (χ0v) is 22.0. The zero-order chi connectivity index (χ0) is 20.8. The third-order valence-corrected chi connectivity index (χ3v) is 15.1. The molecule has 0 aliphatic carbocycles. The van der Waals surface area contributed by atoms with Crippen LogP contribution in [0.1, 0.15) is 107 Å². The van der Waals surface area contributed by atoms with Crippen molar-refractivity contribution in [3.05, 3.63) is 0 Å². The van der Waals surface area contributed by atoms with Gasteiger partial charge in [-0.2, -0.15) is 0 Å². The highest BCUT2D eigenvalue weighted by atomic mass is 31.1. The van der Waals surface area contributed by atoms with E-state index in [9.17, 15) is 0 Å². The third kappa shape index (κ3) is 4.53. The molecule has 0 aromatic heterocycles. The highest BCUT2D eigenvalue weighted by Crippen LogP contribution is 2.67. The second kappa shape index (κ2) is 11.7. The van der Waals surface area contributed by atoms with Crippen LogP contribution < -0.4 is 0 Å². The van der Waals surface area contributed by atoms with Crippen molar-refractivity contribution in [1.82, 2.24) is 0 Å². The molecule has 2 aliphatic heterocycles. The maximum Gasteiger partial charge on any atom is -0.00665 e. The van der Waals surface area contributed by atoms with Gasteiger partial charge in [-0.15, -0.1) is 0 Å². The Morgan fingerprint density at radius 1 is 0.393 bits per heavy atom. The Kier molecular flexibility index (Phi) is 10.3. The van der Waals surface area contributed by atoms with Gasteiger partial charge in [-0.05, 0) is 87.8 Å². The molecule has 2 heterocycles. The van der Waals surface area contributed by atoms with E-state index in [1.54, 1.807) is 0 Å². The van der Waals surface area contributed by atoms with Crippen LogP contribution in [0.5, 0.6) is 0 Å². The first-order valence-corrected chi connectivity index (χ1v) is 15.6. The quantitative estimate of drug-likeness (QED) is 0.270. The minimum Gasteiger partial charge on any atom is -0.0714 e. The third-order valence-electron chi connectivity index (χ3n) is 8.37. The lowest BCUT2D eigenvalue weighted by molar-refractivity contribution is 0.314. The van der Waals surface area contributed by atoms with Crippen molar-refractivity contribution in [2.24, 2.45) is 23.7 Å². The fourth-order valence-electron chi connectivity index (χ4n) is 7.20. The van der Waals surface area contributed by atoms with Gasteiger partial charge in [-0.1, -0.05) is 92.4 Å². The molecule has 8 atom stereocenters. The summed E-state index contributed by atoms with van der Waals surface area (Å²) in [4.78, 5) is 0. The van der Waals surface area contributed by atoms with Crippen molar-refractivity contribution in [2.75, 3.05) is 0 Å². The molecule has 2 fully saturated rings. The average molecular weight is 423 g/mol.